The smallest absolute Gasteiger partial charge is 0.290 e. The van der Waals surface area contributed by atoms with Crippen LogP contribution in [-0.4, -0.2) is 33.4 Å². The lowest BCUT2D eigenvalue weighted by molar-refractivity contribution is -0.242. The lowest BCUT2D eigenvalue weighted by Crippen LogP contribution is -1.87. The van der Waals surface area contributed by atoms with Gasteiger partial charge in [0.2, 0.25) is 0 Å². The first kappa shape index (κ1) is 22.2. The van der Waals surface area contributed by atoms with E-state index in [1.165, 1.54) is 12.8 Å². The van der Waals surface area contributed by atoms with Crippen molar-refractivity contribution in [1.82, 2.24) is 9.97 Å². The van der Waals surface area contributed by atoms with Gasteiger partial charge in [-0.2, -0.15) is 0 Å². The van der Waals surface area contributed by atoms with Crippen LogP contribution in [0.15, 0.2) is 41.5 Å². The van der Waals surface area contributed by atoms with Crippen molar-refractivity contribution in [2.24, 2.45) is 0 Å². The van der Waals surface area contributed by atoms with Crippen molar-refractivity contribution in [3.05, 3.63) is 42.9 Å². The average molecular weight is 314 g/mol. The number of imidazole rings is 1. The van der Waals surface area contributed by atoms with Crippen LogP contribution in [0.4, 0.5) is 0 Å². The second-order valence-electron chi connectivity index (χ2n) is 3.98. The predicted octanol–water partition coefficient (Wildman–Crippen LogP) is 3.75. The van der Waals surface area contributed by atoms with Gasteiger partial charge in [-0.1, -0.05) is 26.2 Å². The Morgan fingerprint density at radius 3 is 2.41 bits per heavy atom. The molecule has 22 heavy (non-hydrogen) atoms. The number of aromatic nitrogens is 2. The summed E-state index contributed by atoms with van der Waals surface area (Å²) < 4.78 is 4.83. The highest BCUT2D eigenvalue weighted by atomic mass is 17.1. The van der Waals surface area contributed by atoms with Gasteiger partial charge in [-0.3, -0.25) is 10.1 Å². The number of H-pyrrole nitrogens is 1. The molecule has 126 valence electrons. The summed E-state index contributed by atoms with van der Waals surface area (Å²) in [6.07, 6.45) is 11.4. The average Bonchev–Trinajstić information content (AvgIpc) is 3.21. The molecule has 0 unspecified atom stereocenters. The molecular weight excluding hydrogens is 288 g/mol. The van der Waals surface area contributed by atoms with Crippen LogP contribution >= 0.6 is 0 Å². The minimum atomic E-state index is -0.250. The number of nitrogens with zero attached hydrogens (tertiary/aromatic N) is 1. The molecule has 0 aliphatic carbocycles. The van der Waals surface area contributed by atoms with E-state index in [1.54, 1.807) is 25.0 Å². The third-order valence-corrected chi connectivity index (χ3v) is 2.16. The summed E-state index contributed by atoms with van der Waals surface area (Å²) >= 11 is 0. The summed E-state index contributed by atoms with van der Waals surface area (Å²) in [5.74, 6) is 0.968. The Balaban J connectivity index is 0. The first-order valence-electron chi connectivity index (χ1n) is 6.99. The number of carboxylic acid groups (broad SMARTS) is 1. The van der Waals surface area contributed by atoms with Crippen molar-refractivity contribution in [1.29, 1.82) is 0 Å². The van der Waals surface area contributed by atoms with Crippen molar-refractivity contribution in [2.75, 3.05) is 6.61 Å². The molecule has 0 amide bonds. The van der Waals surface area contributed by atoms with Gasteiger partial charge >= 0.3 is 0 Å². The number of rotatable bonds is 5. The monoisotopic (exact) mass is 314 g/mol. The largest absolute Gasteiger partial charge is 0.483 e. The van der Waals surface area contributed by atoms with Crippen molar-refractivity contribution in [2.45, 2.75) is 39.5 Å². The number of nitrogens with one attached hydrogen (secondary N) is 1. The Labute approximate surface area is 130 Å². The molecule has 0 aliphatic heterocycles. The van der Waals surface area contributed by atoms with Crippen LogP contribution in [-0.2, 0) is 9.68 Å². The molecule has 3 N–H and O–H groups in total. The van der Waals surface area contributed by atoms with E-state index in [0.29, 0.717) is 6.61 Å². The van der Waals surface area contributed by atoms with Crippen LogP contribution in [0, 0.1) is 6.92 Å². The highest BCUT2D eigenvalue weighted by Gasteiger charge is 1.84. The standard InChI is InChI=1S/C6H14O2.C5H6O.C3H4N2.CH2O2/c1-2-3-4-5-6-8-7;1-5-3-2-4-6-5;1-2-5-3-4-1;2-1-3/h7H,2-6H2,1H3;2-4H,1H3;1-3H,(H,4,5);1H,(H,2,3). The molecule has 2 aromatic heterocycles. The van der Waals surface area contributed by atoms with Gasteiger partial charge in [-0.25, -0.2) is 9.87 Å². The Hall–Kier alpha value is -2.12. The number of unbranched alkanes of at least 4 members (excludes halogenated alkanes) is 3. The third-order valence-electron chi connectivity index (χ3n) is 2.16. The Morgan fingerprint density at radius 2 is 2.14 bits per heavy atom. The lowest BCUT2D eigenvalue weighted by atomic mass is 10.2. The highest BCUT2D eigenvalue weighted by molar-refractivity contribution is 5.32. The maximum Gasteiger partial charge on any atom is 0.290 e. The summed E-state index contributed by atoms with van der Waals surface area (Å²) in [5, 5.41) is 14.8. The van der Waals surface area contributed by atoms with Gasteiger partial charge in [0.1, 0.15) is 5.76 Å². The molecule has 2 aromatic rings. The quantitative estimate of drug-likeness (QED) is 0.335. The maximum atomic E-state index is 8.36. The van der Waals surface area contributed by atoms with Crippen molar-refractivity contribution >= 4 is 6.47 Å². The lowest BCUT2D eigenvalue weighted by Gasteiger charge is -1.93. The number of furan rings is 1. The summed E-state index contributed by atoms with van der Waals surface area (Å²) in [6.45, 7) is 4.31. The van der Waals surface area contributed by atoms with E-state index < -0.39 is 0 Å². The SMILES string of the molecule is CCCCCCOO.Cc1ccco1.O=CO.c1c[nH]cn1. The number of aromatic amines is 1. The zero-order valence-electron chi connectivity index (χ0n) is 13.1. The number of carbonyl (C=O) groups is 1. The molecule has 0 aliphatic rings. The molecule has 0 saturated carbocycles. The van der Waals surface area contributed by atoms with Crippen LogP contribution in [0.3, 0.4) is 0 Å². The Bertz CT molecular complexity index is 353. The maximum absolute atomic E-state index is 8.36. The zero-order valence-corrected chi connectivity index (χ0v) is 13.1. The molecule has 0 bridgehead atoms. The zero-order chi connectivity index (χ0) is 16.9. The van der Waals surface area contributed by atoms with Crippen LogP contribution in [0.5, 0.6) is 0 Å². The van der Waals surface area contributed by atoms with Gasteiger partial charge in [0.25, 0.3) is 6.47 Å². The second-order valence-corrected chi connectivity index (χ2v) is 3.98. The van der Waals surface area contributed by atoms with E-state index in [1.807, 2.05) is 19.1 Å². The van der Waals surface area contributed by atoms with Gasteiger partial charge in [-0.15, -0.1) is 0 Å². The van der Waals surface area contributed by atoms with Crippen LogP contribution in [0.2, 0.25) is 0 Å². The first-order chi connectivity index (χ1) is 10.7. The van der Waals surface area contributed by atoms with E-state index in [4.69, 9.17) is 19.6 Å². The molecule has 7 nitrogen and oxygen atoms in total. The van der Waals surface area contributed by atoms with Crippen LogP contribution in [0.1, 0.15) is 38.4 Å². The van der Waals surface area contributed by atoms with E-state index in [0.717, 1.165) is 18.6 Å². The minimum absolute atomic E-state index is 0.250. The van der Waals surface area contributed by atoms with Crippen molar-refractivity contribution in [3.8, 4) is 0 Å². The molecule has 0 atom stereocenters. The first-order valence-corrected chi connectivity index (χ1v) is 6.99. The fraction of sp³-hybridized carbons (Fsp3) is 0.467. The van der Waals surface area contributed by atoms with E-state index in [2.05, 4.69) is 21.8 Å². The van der Waals surface area contributed by atoms with Gasteiger partial charge < -0.3 is 14.5 Å². The van der Waals surface area contributed by atoms with Gasteiger partial charge in [0.15, 0.2) is 0 Å². The molecule has 0 radical (unpaired) electrons. The normalized spacial score (nSPS) is 8.32. The van der Waals surface area contributed by atoms with Crippen molar-refractivity contribution < 1.29 is 24.5 Å². The van der Waals surface area contributed by atoms with Crippen LogP contribution in [0.25, 0.3) is 0 Å². The number of aryl methyl sites for hydroxylation is 1. The van der Waals surface area contributed by atoms with E-state index in [9.17, 15) is 0 Å². The fourth-order valence-electron chi connectivity index (χ4n) is 1.17. The highest BCUT2D eigenvalue weighted by Crippen LogP contribution is 1.97. The number of hydrogen-bond donors (Lipinski definition) is 3. The predicted molar refractivity (Wildman–Crippen MR) is 83.4 cm³/mol. The van der Waals surface area contributed by atoms with Gasteiger partial charge in [-0.05, 0) is 25.5 Å². The summed E-state index contributed by atoms with van der Waals surface area (Å²) in [5.41, 5.74) is 0. The Morgan fingerprint density at radius 1 is 1.41 bits per heavy atom. The topological polar surface area (TPSA) is 109 Å². The molecule has 0 fully saturated rings. The molecule has 0 saturated heterocycles. The summed E-state index contributed by atoms with van der Waals surface area (Å²) in [6, 6.07) is 3.79. The molecular formula is C15H26N2O5. The molecule has 0 aromatic carbocycles. The van der Waals surface area contributed by atoms with Gasteiger partial charge in [0, 0.05) is 12.4 Å². The molecule has 2 rings (SSSR count). The van der Waals surface area contributed by atoms with E-state index >= 15 is 0 Å². The second kappa shape index (κ2) is 21.2. The minimum Gasteiger partial charge on any atom is -0.483 e. The van der Waals surface area contributed by atoms with E-state index in [-0.39, 0.29) is 6.47 Å². The van der Waals surface area contributed by atoms with Gasteiger partial charge in [0.05, 0.1) is 19.2 Å². The third kappa shape index (κ3) is 23.0. The number of hydrogen-bond acceptors (Lipinski definition) is 5. The van der Waals surface area contributed by atoms with Crippen molar-refractivity contribution in [3.63, 3.8) is 0 Å². The summed E-state index contributed by atoms with van der Waals surface area (Å²) in [4.78, 5) is 18.7. The summed E-state index contributed by atoms with van der Waals surface area (Å²) in [7, 11) is 0. The Kier molecular flexibility index (Phi) is 21.3. The molecule has 7 heteroatoms. The molecule has 2 heterocycles. The molecule has 0 spiro atoms. The fourth-order valence-corrected chi connectivity index (χ4v) is 1.17. The van der Waals surface area contributed by atoms with Crippen LogP contribution < -0.4 is 0 Å².